The molecule has 0 aliphatic heterocycles. The third-order valence-electron chi connectivity index (χ3n) is 3.04. The van der Waals surface area contributed by atoms with Crippen molar-refractivity contribution in [3.05, 3.63) is 47.1 Å². The van der Waals surface area contributed by atoms with Crippen LogP contribution in [0, 0.1) is 0 Å². The number of hydrogen-bond acceptors (Lipinski definition) is 5. The van der Waals surface area contributed by atoms with E-state index >= 15 is 0 Å². The molecule has 2 aromatic heterocycles. The number of hydrogen-bond donors (Lipinski definition) is 1. The molecule has 7 heteroatoms. The van der Waals surface area contributed by atoms with Gasteiger partial charge in [0.2, 0.25) is 0 Å². The van der Waals surface area contributed by atoms with Gasteiger partial charge >= 0.3 is 0 Å². The lowest BCUT2D eigenvalue weighted by atomic mass is 10.3. The van der Waals surface area contributed by atoms with Gasteiger partial charge in [-0.05, 0) is 37.2 Å². The van der Waals surface area contributed by atoms with Gasteiger partial charge in [0.05, 0.1) is 12.2 Å². The summed E-state index contributed by atoms with van der Waals surface area (Å²) in [4.78, 5) is 5.18. The maximum atomic E-state index is 12.7. The van der Waals surface area contributed by atoms with Crippen LogP contribution in [0.15, 0.2) is 40.7 Å². The van der Waals surface area contributed by atoms with Gasteiger partial charge in [0.1, 0.15) is 4.21 Å². The van der Waals surface area contributed by atoms with Crippen molar-refractivity contribution in [2.24, 2.45) is 5.73 Å². The van der Waals surface area contributed by atoms with Gasteiger partial charge in [-0.3, -0.25) is 4.98 Å². The number of nitrogens with two attached hydrogens (primary N) is 1. The predicted molar refractivity (Wildman–Crippen MR) is 84.6 cm³/mol. The summed E-state index contributed by atoms with van der Waals surface area (Å²) in [5.41, 5.74) is 6.24. The fourth-order valence-electron chi connectivity index (χ4n) is 1.94. The van der Waals surface area contributed by atoms with E-state index in [0.717, 1.165) is 10.6 Å². The molecule has 0 unspecified atom stereocenters. The summed E-state index contributed by atoms with van der Waals surface area (Å²) in [6, 6.07) is 8.98. The number of aromatic nitrogens is 1. The molecule has 2 rings (SSSR count). The molecule has 5 nitrogen and oxygen atoms in total. The lowest BCUT2D eigenvalue weighted by molar-refractivity contribution is 0.420. The maximum Gasteiger partial charge on any atom is 0.252 e. The van der Waals surface area contributed by atoms with Crippen LogP contribution in [0.4, 0.5) is 0 Å². The van der Waals surface area contributed by atoms with Crippen molar-refractivity contribution < 1.29 is 8.42 Å². The van der Waals surface area contributed by atoms with Gasteiger partial charge in [0, 0.05) is 17.6 Å². The van der Waals surface area contributed by atoms with Crippen molar-refractivity contribution in [2.45, 2.75) is 24.1 Å². The van der Waals surface area contributed by atoms with E-state index < -0.39 is 10.0 Å². The monoisotopic (exact) mass is 325 g/mol. The Bertz CT molecular complexity index is 669. The normalized spacial score (nSPS) is 12.0. The molecule has 0 aromatic carbocycles. The number of nitrogens with zero attached hydrogens (tertiary/aromatic N) is 2. The van der Waals surface area contributed by atoms with Crippen molar-refractivity contribution in [1.82, 2.24) is 9.29 Å². The molecule has 114 valence electrons. The number of rotatable bonds is 7. The molecule has 0 radical (unpaired) electrons. The van der Waals surface area contributed by atoms with Gasteiger partial charge in [0.15, 0.2) is 0 Å². The van der Waals surface area contributed by atoms with Crippen LogP contribution in [0.2, 0.25) is 0 Å². The molecule has 0 fully saturated rings. The minimum absolute atomic E-state index is 0.282. The average molecular weight is 325 g/mol. The SMILES string of the molecule is CCN(Cc1ccccn1)S(=O)(=O)c1ccc(CCN)s1. The molecule has 2 N–H and O–H groups in total. The molecule has 0 spiro atoms. The highest BCUT2D eigenvalue weighted by molar-refractivity contribution is 7.91. The molecule has 21 heavy (non-hydrogen) atoms. The summed E-state index contributed by atoms with van der Waals surface area (Å²) >= 11 is 1.29. The van der Waals surface area contributed by atoms with Crippen LogP contribution in [0.5, 0.6) is 0 Å². The van der Waals surface area contributed by atoms with E-state index in [9.17, 15) is 8.42 Å². The standard InChI is InChI=1S/C14H19N3O2S2/c1-2-17(11-12-5-3-4-10-16-12)21(18,19)14-7-6-13(20-14)8-9-15/h3-7,10H,2,8-9,11,15H2,1H3. The molecule has 0 amide bonds. The van der Waals surface area contributed by atoms with Crippen molar-refractivity contribution in [2.75, 3.05) is 13.1 Å². The quantitative estimate of drug-likeness (QED) is 0.843. The highest BCUT2D eigenvalue weighted by atomic mass is 32.2. The van der Waals surface area contributed by atoms with Crippen LogP contribution in [-0.4, -0.2) is 30.8 Å². The van der Waals surface area contributed by atoms with Gasteiger partial charge in [-0.25, -0.2) is 8.42 Å². The largest absolute Gasteiger partial charge is 0.330 e. The zero-order valence-corrected chi connectivity index (χ0v) is 13.5. The van der Waals surface area contributed by atoms with E-state index in [2.05, 4.69) is 4.98 Å². The van der Waals surface area contributed by atoms with Gasteiger partial charge in [-0.1, -0.05) is 13.0 Å². The van der Waals surface area contributed by atoms with Crippen molar-refractivity contribution >= 4 is 21.4 Å². The summed E-state index contributed by atoms with van der Waals surface area (Å²) in [6.45, 7) is 3.03. The van der Waals surface area contributed by atoms with E-state index in [0.29, 0.717) is 23.7 Å². The zero-order valence-electron chi connectivity index (χ0n) is 11.9. The van der Waals surface area contributed by atoms with E-state index in [1.807, 2.05) is 31.2 Å². The third-order valence-corrected chi connectivity index (χ3v) is 6.57. The first kappa shape index (κ1) is 16.1. The molecule has 0 aliphatic carbocycles. The fourth-order valence-corrected chi connectivity index (χ4v) is 4.89. The Kier molecular flexibility index (Phi) is 5.46. The molecular formula is C14H19N3O2S2. The minimum Gasteiger partial charge on any atom is -0.330 e. The predicted octanol–water partition coefficient (Wildman–Crippen LogP) is 1.86. The Hall–Kier alpha value is -1.28. The van der Waals surface area contributed by atoms with Crippen LogP contribution in [0.25, 0.3) is 0 Å². The lowest BCUT2D eigenvalue weighted by Gasteiger charge is -2.19. The molecule has 2 heterocycles. The van der Waals surface area contributed by atoms with Crippen molar-refractivity contribution in [1.29, 1.82) is 0 Å². The lowest BCUT2D eigenvalue weighted by Crippen LogP contribution is -2.30. The van der Waals surface area contributed by atoms with Crippen LogP contribution < -0.4 is 5.73 Å². The Balaban J connectivity index is 2.22. The van der Waals surface area contributed by atoms with Gasteiger partial charge in [-0.2, -0.15) is 4.31 Å². The highest BCUT2D eigenvalue weighted by Crippen LogP contribution is 2.26. The zero-order chi connectivity index (χ0) is 15.3. The van der Waals surface area contributed by atoms with Crippen LogP contribution in [-0.2, 0) is 23.0 Å². The number of pyridine rings is 1. The van der Waals surface area contributed by atoms with Gasteiger partial charge < -0.3 is 5.73 Å². The molecule has 0 bridgehead atoms. The number of thiophene rings is 1. The number of sulfonamides is 1. The molecule has 0 saturated carbocycles. The summed E-state index contributed by atoms with van der Waals surface area (Å²) in [6.07, 6.45) is 2.37. The first-order valence-corrected chi connectivity index (χ1v) is 9.02. The third kappa shape index (κ3) is 3.88. The second kappa shape index (κ2) is 7.13. The molecule has 2 aromatic rings. The second-order valence-corrected chi connectivity index (χ2v) is 7.84. The topological polar surface area (TPSA) is 76.3 Å². The Morgan fingerprint density at radius 3 is 2.71 bits per heavy atom. The summed E-state index contributed by atoms with van der Waals surface area (Å²) in [5.74, 6) is 0. The van der Waals surface area contributed by atoms with E-state index in [-0.39, 0.29) is 6.54 Å². The van der Waals surface area contributed by atoms with E-state index in [1.54, 1.807) is 12.3 Å². The van der Waals surface area contributed by atoms with Crippen LogP contribution >= 0.6 is 11.3 Å². The molecular weight excluding hydrogens is 306 g/mol. The molecule has 0 aliphatic rings. The van der Waals surface area contributed by atoms with E-state index in [4.69, 9.17) is 5.73 Å². The van der Waals surface area contributed by atoms with Crippen molar-refractivity contribution in [3.8, 4) is 0 Å². The first-order chi connectivity index (χ1) is 10.1. The van der Waals surface area contributed by atoms with Gasteiger partial charge in [-0.15, -0.1) is 11.3 Å². The molecule has 0 saturated heterocycles. The summed E-state index contributed by atoms with van der Waals surface area (Å²) in [7, 11) is -3.48. The average Bonchev–Trinajstić information content (AvgIpc) is 2.95. The summed E-state index contributed by atoms with van der Waals surface area (Å²) in [5, 5.41) is 0. The highest BCUT2D eigenvalue weighted by Gasteiger charge is 2.25. The van der Waals surface area contributed by atoms with Crippen LogP contribution in [0.3, 0.4) is 0 Å². The van der Waals surface area contributed by atoms with Crippen molar-refractivity contribution in [3.63, 3.8) is 0 Å². The summed E-state index contributed by atoms with van der Waals surface area (Å²) < 4.78 is 27.1. The Labute approximate surface area is 129 Å². The van der Waals surface area contributed by atoms with Gasteiger partial charge in [0.25, 0.3) is 10.0 Å². The first-order valence-electron chi connectivity index (χ1n) is 6.76. The van der Waals surface area contributed by atoms with Crippen LogP contribution in [0.1, 0.15) is 17.5 Å². The fraction of sp³-hybridized carbons (Fsp3) is 0.357. The minimum atomic E-state index is -3.48. The second-order valence-electron chi connectivity index (χ2n) is 4.51. The smallest absolute Gasteiger partial charge is 0.252 e. The maximum absolute atomic E-state index is 12.7. The Morgan fingerprint density at radius 1 is 1.29 bits per heavy atom. The van der Waals surface area contributed by atoms with E-state index in [1.165, 1.54) is 15.6 Å². The Morgan fingerprint density at radius 2 is 2.10 bits per heavy atom. The molecule has 0 atom stereocenters.